The fourth-order valence-electron chi connectivity index (χ4n) is 3.68. The Labute approximate surface area is 174 Å². The lowest BCUT2D eigenvalue weighted by molar-refractivity contribution is -0.166. The number of aromatic amines is 1. The van der Waals surface area contributed by atoms with Crippen LogP contribution < -0.4 is 0 Å². The quantitative estimate of drug-likeness (QED) is 0.607. The molecule has 4 rings (SSSR count). The van der Waals surface area contributed by atoms with Crippen LogP contribution in [0, 0.1) is 0 Å². The van der Waals surface area contributed by atoms with Crippen LogP contribution in [0.5, 0.6) is 0 Å². The van der Waals surface area contributed by atoms with Crippen LogP contribution in [-0.4, -0.2) is 46.9 Å². The number of rotatable bonds is 5. The number of aromatic nitrogens is 2. The Morgan fingerprint density at radius 1 is 1.10 bits per heavy atom. The maximum absolute atomic E-state index is 13.1. The maximum atomic E-state index is 13.1. The van der Waals surface area contributed by atoms with Gasteiger partial charge in [0.05, 0.1) is 29.2 Å². The zero-order valence-electron chi connectivity index (χ0n) is 16.4. The number of carbonyl (C=O) groups is 1. The predicted octanol–water partition coefficient (Wildman–Crippen LogP) is 2.97. The Hall–Kier alpha value is -2.97. The van der Waals surface area contributed by atoms with Gasteiger partial charge in [0.2, 0.25) is 15.0 Å². The van der Waals surface area contributed by atoms with E-state index in [0.717, 1.165) is 11.1 Å². The number of benzene rings is 2. The Balaban J connectivity index is 1.72. The number of hydrogen-bond acceptors (Lipinski definition) is 6. The van der Waals surface area contributed by atoms with E-state index in [9.17, 15) is 18.3 Å². The highest BCUT2D eigenvalue weighted by molar-refractivity contribution is 7.91. The molecule has 1 saturated heterocycles. The molecule has 0 amide bonds. The average molecular weight is 426 g/mol. The molecule has 30 heavy (non-hydrogen) atoms. The third kappa shape index (κ3) is 4.29. The van der Waals surface area contributed by atoms with E-state index in [4.69, 9.17) is 4.74 Å². The van der Waals surface area contributed by atoms with E-state index >= 15 is 0 Å². The van der Waals surface area contributed by atoms with Gasteiger partial charge in [0.1, 0.15) is 6.10 Å². The molecule has 3 aromatic rings. The van der Waals surface area contributed by atoms with E-state index in [0.29, 0.717) is 11.4 Å². The first kappa shape index (κ1) is 20.3. The fraction of sp³-hybridized carbons (Fsp3) is 0.273. The first-order valence-electron chi connectivity index (χ1n) is 9.59. The molecule has 0 spiro atoms. The molecular formula is C22H22N2O5S. The summed E-state index contributed by atoms with van der Waals surface area (Å²) in [6, 6.07) is 18.7. The van der Waals surface area contributed by atoms with Gasteiger partial charge in [-0.15, -0.1) is 0 Å². The van der Waals surface area contributed by atoms with Crippen molar-refractivity contribution in [2.24, 2.45) is 0 Å². The zero-order valence-corrected chi connectivity index (χ0v) is 17.2. The molecule has 2 atom stereocenters. The second kappa shape index (κ2) is 7.70. The summed E-state index contributed by atoms with van der Waals surface area (Å²) in [6.45, 7) is 1.50. The monoisotopic (exact) mass is 426 g/mol. The molecule has 2 heterocycles. The van der Waals surface area contributed by atoms with Gasteiger partial charge in [0.15, 0.2) is 0 Å². The van der Waals surface area contributed by atoms with Gasteiger partial charge < -0.3 is 14.8 Å². The van der Waals surface area contributed by atoms with Gasteiger partial charge in [-0.25, -0.2) is 13.4 Å². The van der Waals surface area contributed by atoms with E-state index in [1.807, 2.05) is 60.7 Å². The van der Waals surface area contributed by atoms with Gasteiger partial charge in [-0.3, -0.25) is 4.79 Å². The van der Waals surface area contributed by atoms with Crippen LogP contribution in [-0.2, 0) is 19.4 Å². The minimum atomic E-state index is -3.91. The Kier molecular flexibility index (Phi) is 5.21. The van der Waals surface area contributed by atoms with Crippen molar-refractivity contribution in [1.29, 1.82) is 0 Å². The molecule has 8 heteroatoms. The molecule has 0 aliphatic carbocycles. The van der Waals surface area contributed by atoms with Crippen molar-refractivity contribution < 1.29 is 23.1 Å². The minimum absolute atomic E-state index is 0.0514. The van der Waals surface area contributed by atoms with Gasteiger partial charge in [-0.05, 0) is 6.92 Å². The number of nitrogens with zero attached hydrogens (tertiary/aromatic N) is 1. The van der Waals surface area contributed by atoms with E-state index in [1.165, 1.54) is 6.92 Å². The SMILES string of the molecule is C[C@@]1(O)CC(=O)O[C@@H](CS(=O)(=O)c2nc(-c3ccccc3)c(-c3ccccc3)[nH]2)C1. The van der Waals surface area contributed by atoms with Crippen molar-refractivity contribution in [2.75, 3.05) is 5.75 Å². The molecule has 1 aliphatic rings. The smallest absolute Gasteiger partial charge is 0.309 e. The van der Waals surface area contributed by atoms with Crippen molar-refractivity contribution in [3.05, 3.63) is 60.7 Å². The molecule has 1 fully saturated rings. The highest BCUT2D eigenvalue weighted by Crippen LogP contribution is 2.32. The van der Waals surface area contributed by atoms with Crippen LogP contribution in [0.25, 0.3) is 22.5 Å². The van der Waals surface area contributed by atoms with Crippen LogP contribution in [0.1, 0.15) is 19.8 Å². The molecule has 1 aliphatic heterocycles. The van der Waals surface area contributed by atoms with Crippen LogP contribution in [0.15, 0.2) is 65.8 Å². The van der Waals surface area contributed by atoms with Crippen molar-refractivity contribution in [1.82, 2.24) is 9.97 Å². The lowest BCUT2D eigenvalue weighted by Crippen LogP contribution is -2.43. The van der Waals surface area contributed by atoms with Gasteiger partial charge in [-0.2, -0.15) is 0 Å². The van der Waals surface area contributed by atoms with Gasteiger partial charge in [0.25, 0.3) is 0 Å². The maximum Gasteiger partial charge on any atom is 0.309 e. The largest absolute Gasteiger partial charge is 0.461 e. The highest BCUT2D eigenvalue weighted by Gasteiger charge is 2.39. The predicted molar refractivity (Wildman–Crippen MR) is 111 cm³/mol. The number of ether oxygens (including phenoxy) is 1. The normalized spacial score (nSPS) is 21.9. The standard InChI is InChI=1S/C22H22N2O5S/c1-22(26)12-17(29-18(25)13-22)14-30(27,28)21-23-19(15-8-4-2-5-9-15)20(24-21)16-10-6-3-7-11-16/h2-11,17,26H,12-14H2,1H3,(H,23,24)/t17-,22+/m1/s1. The lowest BCUT2D eigenvalue weighted by atomic mass is 9.93. The van der Waals surface area contributed by atoms with E-state index in [-0.39, 0.29) is 18.0 Å². The van der Waals surface area contributed by atoms with E-state index < -0.39 is 33.3 Å². The number of hydrogen-bond donors (Lipinski definition) is 2. The number of aliphatic hydroxyl groups is 1. The van der Waals surface area contributed by atoms with Crippen molar-refractivity contribution in [3.63, 3.8) is 0 Å². The summed E-state index contributed by atoms with van der Waals surface area (Å²) >= 11 is 0. The van der Waals surface area contributed by atoms with Crippen LogP contribution in [0.2, 0.25) is 0 Å². The second-order valence-electron chi connectivity index (χ2n) is 7.77. The molecule has 0 bridgehead atoms. The van der Waals surface area contributed by atoms with Crippen LogP contribution in [0.4, 0.5) is 0 Å². The number of sulfone groups is 1. The fourth-order valence-corrected chi connectivity index (χ4v) is 5.00. The van der Waals surface area contributed by atoms with Crippen molar-refractivity contribution in [2.45, 2.75) is 36.6 Å². The number of carbonyl (C=O) groups excluding carboxylic acids is 1. The van der Waals surface area contributed by atoms with E-state index in [1.54, 1.807) is 0 Å². The Morgan fingerprint density at radius 2 is 1.70 bits per heavy atom. The van der Waals surface area contributed by atoms with Crippen LogP contribution >= 0.6 is 0 Å². The average Bonchev–Trinajstić information content (AvgIpc) is 3.14. The molecule has 2 aromatic carbocycles. The molecule has 1 aromatic heterocycles. The first-order chi connectivity index (χ1) is 14.2. The molecule has 0 saturated carbocycles. The molecular weight excluding hydrogens is 404 g/mol. The highest BCUT2D eigenvalue weighted by atomic mass is 32.2. The van der Waals surface area contributed by atoms with Gasteiger partial charge in [-0.1, -0.05) is 60.7 Å². The first-order valence-corrected chi connectivity index (χ1v) is 11.2. The topological polar surface area (TPSA) is 109 Å². The Morgan fingerprint density at radius 3 is 2.30 bits per heavy atom. The molecule has 0 radical (unpaired) electrons. The number of H-pyrrole nitrogens is 1. The number of imidazole rings is 1. The summed E-state index contributed by atoms with van der Waals surface area (Å²) in [7, 11) is -3.91. The van der Waals surface area contributed by atoms with E-state index in [2.05, 4.69) is 9.97 Å². The third-order valence-electron chi connectivity index (χ3n) is 4.98. The molecule has 7 nitrogen and oxygen atoms in total. The Bertz CT molecular complexity index is 1100. The summed E-state index contributed by atoms with van der Waals surface area (Å²) in [5.74, 6) is -1.06. The third-order valence-corrected chi connectivity index (χ3v) is 6.58. The number of nitrogens with one attached hydrogen (secondary N) is 1. The lowest BCUT2D eigenvalue weighted by Gasteiger charge is -2.32. The molecule has 0 unspecified atom stereocenters. The van der Waals surface area contributed by atoms with Gasteiger partial charge in [0, 0.05) is 17.5 Å². The molecule has 156 valence electrons. The zero-order chi connectivity index (χ0) is 21.4. The summed E-state index contributed by atoms with van der Waals surface area (Å²) in [6.07, 6.45) is -1.03. The summed E-state index contributed by atoms with van der Waals surface area (Å²) in [5.41, 5.74) is 1.41. The van der Waals surface area contributed by atoms with Crippen LogP contribution in [0.3, 0.4) is 0 Å². The van der Waals surface area contributed by atoms with Crippen molar-refractivity contribution >= 4 is 15.8 Å². The summed E-state index contributed by atoms with van der Waals surface area (Å²) in [4.78, 5) is 19.1. The number of esters is 1. The minimum Gasteiger partial charge on any atom is -0.461 e. The second-order valence-corrected chi connectivity index (χ2v) is 9.72. The van der Waals surface area contributed by atoms with Gasteiger partial charge >= 0.3 is 5.97 Å². The van der Waals surface area contributed by atoms with Crippen molar-refractivity contribution in [3.8, 4) is 22.5 Å². The molecule has 2 N–H and O–H groups in total. The number of cyclic esters (lactones) is 1. The summed E-state index contributed by atoms with van der Waals surface area (Å²) < 4.78 is 31.3. The summed E-state index contributed by atoms with van der Waals surface area (Å²) in [5, 5.41) is 10.0.